The number of hydrogen-bond acceptors (Lipinski definition) is 4. The van der Waals surface area contributed by atoms with Gasteiger partial charge in [0.2, 0.25) is 0 Å². The minimum atomic E-state index is -1.06. The van der Waals surface area contributed by atoms with Gasteiger partial charge in [-0.25, -0.2) is 14.2 Å². The molecule has 0 saturated heterocycles. The number of aromatic nitrogens is 1. The molecule has 6 nitrogen and oxygen atoms in total. The number of carbonyl (C=O) groups is 1. The molecule has 2 atom stereocenters. The highest BCUT2D eigenvalue weighted by Gasteiger charge is 2.33. The van der Waals surface area contributed by atoms with E-state index in [0.717, 1.165) is 6.07 Å². The summed E-state index contributed by atoms with van der Waals surface area (Å²) in [6, 6.07) is 1.85. The summed E-state index contributed by atoms with van der Waals surface area (Å²) in [5.41, 5.74) is -0.674. The molecule has 1 aromatic rings. The van der Waals surface area contributed by atoms with E-state index in [1.54, 1.807) is 40.7 Å². The highest BCUT2D eigenvalue weighted by Crippen LogP contribution is 2.23. The average Bonchev–Trinajstić information content (AvgIpc) is 2.40. The number of nitriles is 1. The summed E-state index contributed by atoms with van der Waals surface area (Å²) in [4.78, 5) is 16.6. The van der Waals surface area contributed by atoms with E-state index >= 15 is 0 Å². The highest BCUT2D eigenvalue weighted by molar-refractivity contribution is 6.30. The third-order valence-electron chi connectivity index (χ3n) is 3.47. The summed E-state index contributed by atoms with van der Waals surface area (Å²) in [5, 5.41) is 20.9. The monoisotopic (exact) mass is 342 g/mol. The summed E-state index contributed by atoms with van der Waals surface area (Å²) >= 11 is 5.81. The molecule has 0 radical (unpaired) electrons. The number of nitrogens with one attached hydrogen (secondary N) is 1. The van der Waals surface area contributed by atoms with Gasteiger partial charge < -0.3 is 10.4 Å². The van der Waals surface area contributed by atoms with Crippen LogP contribution in [0.3, 0.4) is 0 Å². The lowest BCUT2D eigenvalue weighted by Crippen LogP contribution is -2.55. The summed E-state index contributed by atoms with van der Waals surface area (Å²) in [7, 11) is 0. The van der Waals surface area contributed by atoms with Gasteiger partial charge in [-0.05, 0) is 40.7 Å². The van der Waals surface area contributed by atoms with Crippen molar-refractivity contribution in [1.82, 2.24) is 9.88 Å². The van der Waals surface area contributed by atoms with Gasteiger partial charge in [0.05, 0.1) is 11.6 Å². The minimum Gasteiger partial charge on any atom is -0.465 e. The zero-order valence-corrected chi connectivity index (χ0v) is 14.4. The Kier molecular flexibility index (Phi) is 5.78. The molecule has 0 aliphatic rings. The van der Waals surface area contributed by atoms with E-state index in [2.05, 4.69) is 10.3 Å². The minimum absolute atomic E-state index is 0.0581. The molecule has 2 N–H and O–H groups in total. The second kappa shape index (κ2) is 7.01. The Morgan fingerprint density at radius 3 is 2.52 bits per heavy atom. The van der Waals surface area contributed by atoms with Crippen molar-refractivity contribution >= 4 is 23.5 Å². The Hall–Kier alpha value is -2.07. The van der Waals surface area contributed by atoms with Crippen molar-refractivity contribution in [2.75, 3.05) is 5.32 Å². The second-order valence-corrected chi connectivity index (χ2v) is 6.62. The van der Waals surface area contributed by atoms with Crippen LogP contribution in [0.4, 0.5) is 15.0 Å². The fourth-order valence-corrected chi connectivity index (χ4v) is 2.46. The van der Waals surface area contributed by atoms with Gasteiger partial charge in [0.1, 0.15) is 11.2 Å². The topological polar surface area (TPSA) is 89.3 Å². The van der Waals surface area contributed by atoms with Crippen LogP contribution in [0.5, 0.6) is 0 Å². The molecular formula is C15H20ClFN4O2. The summed E-state index contributed by atoms with van der Waals surface area (Å²) in [5.74, 6) is -0.838. The lowest BCUT2D eigenvalue weighted by Gasteiger charge is -2.40. The van der Waals surface area contributed by atoms with Crippen molar-refractivity contribution in [3.63, 3.8) is 0 Å². The number of carboxylic acid groups (broad SMARTS) is 1. The standard InChI is InChI=1S/C15H20ClFN4O2/c1-8(9(2)21(14(22)23)15(3,4)5)19-13-11(17)6-10(7-18)12(16)20-13/h6,8-9H,1-5H3,(H,19,20)(H,22,23)/t8-,9+/m1/s1. The van der Waals surface area contributed by atoms with Gasteiger partial charge in [0, 0.05) is 11.6 Å². The van der Waals surface area contributed by atoms with Gasteiger partial charge >= 0.3 is 6.09 Å². The summed E-state index contributed by atoms with van der Waals surface area (Å²) in [6.07, 6.45) is -1.06. The van der Waals surface area contributed by atoms with Crippen molar-refractivity contribution in [2.45, 2.75) is 52.2 Å². The molecule has 0 fully saturated rings. The first-order valence-electron chi connectivity index (χ1n) is 7.04. The lowest BCUT2D eigenvalue weighted by atomic mass is 10.0. The van der Waals surface area contributed by atoms with Crippen LogP contribution in [0.25, 0.3) is 0 Å². The molecule has 1 aromatic heterocycles. The Labute approximate surface area is 139 Å². The number of anilines is 1. The fourth-order valence-electron chi connectivity index (χ4n) is 2.28. The maximum Gasteiger partial charge on any atom is 0.408 e. The van der Waals surface area contributed by atoms with Crippen LogP contribution in [-0.4, -0.2) is 38.7 Å². The van der Waals surface area contributed by atoms with Crippen LogP contribution in [0, 0.1) is 17.1 Å². The Balaban J connectivity index is 3.03. The van der Waals surface area contributed by atoms with E-state index in [4.69, 9.17) is 16.9 Å². The van der Waals surface area contributed by atoms with Crippen molar-refractivity contribution in [3.8, 4) is 6.07 Å². The van der Waals surface area contributed by atoms with Gasteiger partial charge in [-0.1, -0.05) is 11.6 Å². The summed E-state index contributed by atoms with van der Waals surface area (Å²) < 4.78 is 14.0. The van der Waals surface area contributed by atoms with Crippen molar-refractivity contribution in [3.05, 3.63) is 22.6 Å². The number of amides is 1. The first-order valence-corrected chi connectivity index (χ1v) is 7.41. The van der Waals surface area contributed by atoms with Crippen LogP contribution in [0.2, 0.25) is 5.15 Å². The normalized spacial score (nSPS) is 13.8. The van der Waals surface area contributed by atoms with Gasteiger partial charge in [0.25, 0.3) is 0 Å². The van der Waals surface area contributed by atoms with Gasteiger partial charge in [0.15, 0.2) is 11.6 Å². The van der Waals surface area contributed by atoms with E-state index in [-0.39, 0.29) is 16.5 Å². The smallest absolute Gasteiger partial charge is 0.408 e. The molecule has 0 bridgehead atoms. The summed E-state index contributed by atoms with van der Waals surface area (Å²) in [6.45, 7) is 8.78. The van der Waals surface area contributed by atoms with Crippen LogP contribution in [0.1, 0.15) is 40.2 Å². The fraction of sp³-hybridized carbons (Fsp3) is 0.533. The first-order chi connectivity index (χ1) is 10.5. The number of nitrogens with zero attached hydrogens (tertiary/aromatic N) is 3. The highest BCUT2D eigenvalue weighted by atomic mass is 35.5. The zero-order chi connectivity index (χ0) is 17.9. The quantitative estimate of drug-likeness (QED) is 0.814. The third kappa shape index (κ3) is 4.45. The van der Waals surface area contributed by atoms with E-state index < -0.39 is 29.5 Å². The second-order valence-electron chi connectivity index (χ2n) is 6.27. The molecule has 23 heavy (non-hydrogen) atoms. The van der Waals surface area contributed by atoms with Crippen LogP contribution >= 0.6 is 11.6 Å². The third-order valence-corrected chi connectivity index (χ3v) is 3.76. The van der Waals surface area contributed by atoms with E-state index in [9.17, 15) is 14.3 Å². The molecule has 1 rings (SSSR count). The van der Waals surface area contributed by atoms with E-state index in [1.165, 1.54) is 4.90 Å². The molecule has 126 valence electrons. The van der Waals surface area contributed by atoms with Crippen molar-refractivity contribution in [2.24, 2.45) is 0 Å². The number of halogens is 2. The average molecular weight is 343 g/mol. The maximum absolute atomic E-state index is 14.0. The Morgan fingerprint density at radius 2 is 2.09 bits per heavy atom. The molecule has 8 heteroatoms. The molecule has 1 heterocycles. The predicted molar refractivity (Wildman–Crippen MR) is 86.1 cm³/mol. The lowest BCUT2D eigenvalue weighted by molar-refractivity contribution is 0.0710. The molecule has 0 aromatic carbocycles. The maximum atomic E-state index is 14.0. The number of rotatable bonds is 4. The number of hydrogen-bond donors (Lipinski definition) is 2. The predicted octanol–water partition coefficient (Wildman–Crippen LogP) is 3.71. The molecule has 0 unspecified atom stereocenters. The van der Waals surface area contributed by atoms with Crippen molar-refractivity contribution < 1.29 is 14.3 Å². The zero-order valence-electron chi connectivity index (χ0n) is 13.7. The first kappa shape index (κ1) is 19.0. The molecule has 0 aliphatic carbocycles. The largest absolute Gasteiger partial charge is 0.465 e. The van der Waals surface area contributed by atoms with Crippen LogP contribution < -0.4 is 5.32 Å². The van der Waals surface area contributed by atoms with Crippen LogP contribution in [0.15, 0.2) is 6.07 Å². The van der Waals surface area contributed by atoms with Crippen LogP contribution in [-0.2, 0) is 0 Å². The SMILES string of the molecule is C[C@@H](Nc1nc(Cl)c(C#N)cc1F)[C@H](C)N(C(=O)O)C(C)(C)C. The molecule has 0 saturated carbocycles. The van der Waals surface area contributed by atoms with Gasteiger partial charge in [-0.2, -0.15) is 5.26 Å². The number of pyridine rings is 1. The molecule has 1 amide bonds. The van der Waals surface area contributed by atoms with Crippen molar-refractivity contribution in [1.29, 1.82) is 5.26 Å². The van der Waals surface area contributed by atoms with E-state index in [1.807, 2.05) is 0 Å². The molecule has 0 aliphatic heterocycles. The van der Waals surface area contributed by atoms with Gasteiger partial charge in [-0.3, -0.25) is 4.90 Å². The molecular weight excluding hydrogens is 323 g/mol. The van der Waals surface area contributed by atoms with E-state index in [0.29, 0.717) is 0 Å². The van der Waals surface area contributed by atoms with Gasteiger partial charge in [-0.15, -0.1) is 0 Å². The molecule has 0 spiro atoms. The Bertz CT molecular complexity index is 640. The Morgan fingerprint density at radius 1 is 1.52 bits per heavy atom.